The number of primary amides is 1. The van der Waals surface area contributed by atoms with Gasteiger partial charge in [-0.1, -0.05) is 19.9 Å². The number of aromatic amines is 1. The third-order valence-corrected chi connectivity index (χ3v) is 9.92. The zero-order chi connectivity index (χ0) is 28.6. The van der Waals surface area contributed by atoms with Crippen molar-refractivity contribution in [1.29, 1.82) is 0 Å². The molecule has 2 aromatic rings. The van der Waals surface area contributed by atoms with E-state index in [4.69, 9.17) is 5.73 Å². The number of hydrogen-bond acceptors (Lipinski definition) is 6. The summed E-state index contributed by atoms with van der Waals surface area (Å²) in [7, 11) is 0. The summed E-state index contributed by atoms with van der Waals surface area (Å²) in [6.45, 7) is 7.78. The lowest BCUT2D eigenvalue weighted by Crippen LogP contribution is -2.68. The topological polar surface area (TPSA) is 149 Å². The van der Waals surface area contributed by atoms with Crippen molar-refractivity contribution < 1.29 is 19.8 Å². The summed E-state index contributed by atoms with van der Waals surface area (Å²) in [6, 6.07) is 6.01. The van der Waals surface area contributed by atoms with Crippen LogP contribution < -0.4 is 16.6 Å². The van der Waals surface area contributed by atoms with Gasteiger partial charge >= 0.3 is 0 Å². The molecule has 1 aliphatic heterocycles. The van der Waals surface area contributed by atoms with Crippen molar-refractivity contribution in [2.75, 3.05) is 13.1 Å². The molecule has 0 radical (unpaired) electrons. The monoisotopic (exact) mass is 548 g/mol. The third kappa shape index (κ3) is 4.25. The maximum atomic E-state index is 13.2. The van der Waals surface area contributed by atoms with Gasteiger partial charge < -0.3 is 26.2 Å². The van der Waals surface area contributed by atoms with Crippen LogP contribution in [0.2, 0.25) is 0 Å². The summed E-state index contributed by atoms with van der Waals surface area (Å²) < 4.78 is 0. The van der Waals surface area contributed by atoms with E-state index in [2.05, 4.69) is 15.2 Å². The number of aromatic nitrogens is 1. The van der Waals surface area contributed by atoms with Crippen LogP contribution in [0.5, 0.6) is 5.75 Å². The van der Waals surface area contributed by atoms with E-state index in [1.807, 2.05) is 26.8 Å². The number of benzene rings is 1. The van der Waals surface area contributed by atoms with Crippen molar-refractivity contribution in [3.8, 4) is 5.75 Å². The average molecular weight is 549 g/mol. The number of carbonyl (C=O) groups excluding carboxylic acids is 2. The van der Waals surface area contributed by atoms with Crippen molar-refractivity contribution in [3.05, 3.63) is 62.6 Å². The minimum absolute atomic E-state index is 0.0301. The number of fused-ring (bicyclic) bond motifs is 4. The first-order chi connectivity index (χ1) is 18.9. The van der Waals surface area contributed by atoms with Gasteiger partial charge in [0.25, 0.3) is 11.5 Å². The molecule has 1 saturated heterocycles. The third-order valence-electron chi connectivity index (χ3n) is 9.92. The van der Waals surface area contributed by atoms with Crippen LogP contribution >= 0.6 is 0 Å². The van der Waals surface area contributed by atoms with E-state index in [1.165, 1.54) is 12.8 Å². The number of phenolic OH excluding ortho intramolecular Hbond substituents is 1. The number of nitrogens with one attached hydrogen (secondary N) is 2. The lowest BCUT2D eigenvalue weighted by Gasteiger charge is -2.55. The van der Waals surface area contributed by atoms with Gasteiger partial charge in [-0.3, -0.25) is 19.3 Å². The Morgan fingerprint density at radius 1 is 1.23 bits per heavy atom. The number of amides is 2. The first-order valence-corrected chi connectivity index (χ1v) is 14.5. The van der Waals surface area contributed by atoms with Crippen molar-refractivity contribution >= 4 is 11.8 Å². The molecule has 2 heterocycles. The number of H-pyrrole nitrogens is 1. The lowest BCUT2D eigenvalue weighted by molar-refractivity contribution is -0.120. The van der Waals surface area contributed by atoms with Gasteiger partial charge in [0.1, 0.15) is 17.4 Å². The van der Waals surface area contributed by atoms with Crippen LogP contribution in [0.4, 0.5) is 0 Å². The van der Waals surface area contributed by atoms with Gasteiger partial charge in [-0.25, -0.2) is 0 Å². The molecule has 2 saturated carbocycles. The number of hydrogen-bond donors (Lipinski definition) is 5. The molecule has 1 unspecified atom stereocenters. The average Bonchev–Trinajstić information content (AvgIpc) is 3.65. The predicted molar refractivity (Wildman–Crippen MR) is 150 cm³/mol. The van der Waals surface area contributed by atoms with Crippen LogP contribution in [0, 0.1) is 24.7 Å². The fourth-order valence-electron chi connectivity index (χ4n) is 7.97. The van der Waals surface area contributed by atoms with Gasteiger partial charge in [-0.05, 0) is 85.3 Å². The molecule has 1 aromatic heterocycles. The zero-order valence-corrected chi connectivity index (χ0v) is 23.5. The summed E-state index contributed by atoms with van der Waals surface area (Å²) in [5.74, 6) is -0.0168. The number of carbonyl (C=O) groups is 2. The van der Waals surface area contributed by atoms with Crippen molar-refractivity contribution in [2.45, 2.75) is 82.4 Å². The summed E-state index contributed by atoms with van der Waals surface area (Å²) in [5.41, 5.74) is 6.43. The van der Waals surface area contributed by atoms with E-state index in [1.54, 1.807) is 18.2 Å². The van der Waals surface area contributed by atoms with Gasteiger partial charge in [-0.2, -0.15) is 0 Å². The second-order valence-corrected chi connectivity index (χ2v) is 13.2. The first kappa shape index (κ1) is 27.0. The molecular formula is C31H40N4O5. The van der Waals surface area contributed by atoms with E-state index >= 15 is 0 Å². The highest BCUT2D eigenvalue weighted by atomic mass is 16.3. The van der Waals surface area contributed by atoms with Gasteiger partial charge in [0.05, 0.1) is 5.60 Å². The fraction of sp³-hybridized carbons (Fsp3) is 0.581. The second kappa shape index (κ2) is 9.45. The van der Waals surface area contributed by atoms with Crippen LogP contribution in [-0.2, 0) is 23.1 Å². The Kier molecular flexibility index (Phi) is 6.38. The maximum absolute atomic E-state index is 13.2. The number of aromatic hydroxyl groups is 1. The van der Waals surface area contributed by atoms with E-state index in [0.29, 0.717) is 30.4 Å². The Labute approximate surface area is 234 Å². The number of likely N-dealkylation sites (tertiary alicyclic amines) is 1. The van der Waals surface area contributed by atoms with Crippen LogP contribution in [0.1, 0.15) is 72.3 Å². The van der Waals surface area contributed by atoms with Gasteiger partial charge in [0.15, 0.2) is 0 Å². The smallest absolute Gasteiger partial charge is 0.261 e. The molecule has 9 nitrogen and oxygen atoms in total. The van der Waals surface area contributed by atoms with Gasteiger partial charge in [0.2, 0.25) is 5.91 Å². The molecule has 0 bridgehead atoms. The number of phenols is 1. The fourth-order valence-corrected chi connectivity index (χ4v) is 7.97. The molecule has 214 valence electrons. The number of nitrogens with two attached hydrogens (primary N) is 1. The number of aliphatic hydroxyl groups is 1. The molecule has 6 N–H and O–H groups in total. The molecule has 4 aliphatic rings. The molecular weight excluding hydrogens is 508 g/mol. The van der Waals surface area contributed by atoms with Crippen molar-refractivity contribution in [1.82, 2.24) is 15.2 Å². The highest BCUT2D eigenvalue weighted by Crippen LogP contribution is 2.62. The molecule has 6 rings (SSSR count). The van der Waals surface area contributed by atoms with Gasteiger partial charge in [-0.15, -0.1) is 0 Å². The molecule has 3 fully saturated rings. The Balaban J connectivity index is 1.40. The van der Waals surface area contributed by atoms with Crippen LogP contribution in [0.15, 0.2) is 29.1 Å². The standard InChI is InChI=1S/C31H40N4O5/c1-16(2)8-24(27(32)37)33-28(38)22-9-19-12-31(40)26-20(15-35(26)14-18-5-6-18)11-30(31,13-25(19)34-29(22)39)23-10-21(36)7-4-17(23)3/h4,7,9-10,16,18,20,24,26,36,40H,5-6,8,11-15H2,1-3H3,(H2,32,37)(H,33,38)(H,34,39)/t20?,24-,26+,30+,31+/m0/s1. The predicted octanol–water partition coefficient (Wildman–Crippen LogP) is 1.90. The summed E-state index contributed by atoms with van der Waals surface area (Å²) in [6.07, 6.45) is 4.28. The Morgan fingerprint density at radius 3 is 2.65 bits per heavy atom. The van der Waals surface area contributed by atoms with Crippen LogP contribution in [0.3, 0.4) is 0 Å². The number of aryl methyl sites for hydroxylation is 1. The summed E-state index contributed by atoms with van der Waals surface area (Å²) >= 11 is 0. The number of rotatable bonds is 8. The molecule has 40 heavy (non-hydrogen) atoms. The second-order valence-electron chi connectivity index (χ2n) is 13.2. The first-order valence-electron chi connectivity index (χ1n) is 14.5. The summed E-state index contributed by atoms with van der Waals surface area (Å²) in [4.78, 5) is 43.8. The summed E-state index contributed by atoms with van der Waals surface area (Å²) in [5, 5.41) is 25.9. The Hall–Kier alpha value is -3.17. The highest BCUT2D eigenvalue weighted by Gasteiger charge is 2.70. The van der Waals surface area contributed by atoms with Gasteiger partial charge in [0, 0.05) is 43.1 Å². The van der Waals surface area contributed by atoms with Crippen molar-refractivity contribution in [3.63, 3.8) is 0 Å². The van der Waals surface area contributed by atoms with Crippen LogP contribution in [-0.4, -0.2) is 62.7 Å². The largest absolute Gasteiger partial charge is 0.508 e. The Morgan fingerprint density at radius 2 is 1.98 bits per heavy atom. The quantitative estimate of drug-likeness (QED) is 0.340. The maximum Gasteiger partial charge on any atom is 0.261 e. The molecule has 3 aliphatic carbocycles. The SMILES string of the molecule is Cc1ccc(O)cc1[C@@]12Cc3[nH]c(=O)c(C(=O)N[C@@H](CC(C)C)C(N)=O)cc3C[C@@]1(O)[C@H]1C(CN1CC1CC1)C2. The number of pyridine rings is 1. The van der Waals surface area contributed by atoms with E-state index in [-0.39, 0.29) is 29.7 Å². The minimum atomic E-state index is -1.14. The molecule has 1 aromatic carbocycles. The van der Waals surface area contributed by atoms with E-state index < -0.39 is 34.4 Å². The van der Waals surface area contributed by atoms with Crippen LogP contribution in [0.25, 0.3) is 0 Å². The lowest BCUT2D eigenvalue weighted by atomic mass is 9.59. The van der Waals surface area contributed by atoms with E-state index in [0.717, 1.165) is 36.2 Å². The van der Waals surface area contributed by atoms with Crippen molar-refractivity contribution in [2.24, 2.45) is 23.5 Å². The highest BCUT2D eigenvalue weighted by molar-refractivity contribution is 5.97. The molecule has 5 atom stereocenters. The molecule has 2 amide bonds. The zero-order valence-electron chi connectivity index (χ0n) is 23.5. The Bertz CT molecular complexity index is 1430. The normalized spacial score (nSPS) is 29.7. The molecule has 0 spiro atoms. The number of nitrogens with zero attached hydrogens (tertiary/aromatic N) is 1. The minimum Gasteiger partial charge on any atom is -0.508 e. The van der Waals surface area contributed by atoms with E-state index in [9.17, 15) is 24.6 Å². The molecule has 9 heteroatoms.